The molecular weight excluding hydrogens is 510 g/mol. The topological polar surface area (TPSA) is 84.9 Å². The number of nitrogens with one attached hydrogen (secondary N) is 4. The molecule has 0 fully saturated rings. The quantitative estimate of drug-likeness (QED) is 0.269. The van der Waals surface area contributed by atoms with Crippen LogP contribution in [0.3, 0.4) is 0 Å². The Labute approximate surface area is 236 Å². The van der Waals surface area contributed by atoms with Crippen molar-refractivity contribution in [2.45, 2.75) is 0 Å². The largest absolute Gasteiger partial charge is 0.497 e. The van der Waals surface area contributed by atoms with Gasteiger partial charge in [0.05, 0.1) is 31.0 Å². The molecule has 6 aromatic rings. The van der Waals surface area contributed by atoms with Crippen LogP contribution in [0, 0.1) is 0 Å². The number of aromatic amines is 4. The summed E-state index contributed by atoms with van der Waals surface area (Å²) in [6.07, 6.45) is 6.33. The second kappa shape index (κ2) is 10.2. The molecule has 202 valence electrons. The molecule has 1 aliphatic heterocycles. The lowest BCUT2D eigenvalue weighted by molar-refractivity contribution is 0.415. The van der Waals surface area contributed by atoms with E-state index in [0.29, 0.717) is 0 Å². The van der Waals surface area contributed by atoms with Crippen molar-refractivity contribution in [2.75, 3.05) is 19.1 Å². The normalized spacial score (nSPS) is 12.2. The molecule has 1 aliphatic rings. The van der Waals surface area contributed by atoms with E-state index < -0.39 is 0 Å². The molecule has 41 heavy (non-hydrogen) atoms. The van der Waals surface area contributed by atoms with Crippen LogP contribution in [0.15, 0.2) is 97.1 Å². The van der Waals surface area contributed by atoms with Crippen molar-refractivity contribution in [1.29, 1.82) is 0 Å². The minimum Gasteiger partial charge on any atom is -0.497 e. The highest BCUT2D eigenvalue weighted by Crippen LogP contribution is 2.35. The van der Waals surface area contributed by atoms with Gasteiger partial charge in [-0.05, 0) is 115 Å². The Hall–Kier alpha value is -5.56. The van der Waals surface area contributed by atoms with Crippen molar-refractivity contribution < 1.29 is 9.47 Å². The number of H-pyrrole nitrogens is 4. The third-order valence-corrected chi connectivity index (χ3v) is 7.21. The first kappa shape index (κ1) is 24.5. The molecule has 0 atom stereocenters. The average Bonchev–Trinajstić information content (AvgIpc) is 3.82. The van der Waals surface area contributed by atoms with Gasteiger partial charge in [0.1, 0.15) is 11.5 Å². The standard InChI is InChI=1S/C34H29N5O2/c1-40-30-13-9-28(10-14-30)39(29-11-15-31(41-2)16-12-29)34-32-17-7-26(37-32)20-24-5-3-22(35-24)19-23-4-6-25(36-23)21-27-8-18-33(34)38-27/h3-21,35-38H,1-2H3. The van der Waals surface area contributed by atoms with E-state index in [4.69, 9.17) is 9.47 Å². The van der Waals surface area contributed by atoms with Crippen molar-refractivity contribution in [3.8, 4) is 11.5 Å². The summed E-state index contributed by atoms with van der Waals surface area (Å²) >= 11 is 0. The number of fused-ring (bicyclic) bond motifs is 8. The van der Waals surface area contributed by atoms with Crippen LogP contribution in [-0.2, 0) is 0 Å². The molecule has 0 radical (unpaired) electrons. The van der Waals surface area contributed by atoms with Gasteiger partial charge < -0.3 is 34.3 Å². The predicted octanol–water partition coefficient (Wildman–Crippen LogP) is 3.81. The van der Waals surface area contributed by atoms with E-state index in [0.717, 1.165) is 72.7 Å². The van der Waals surface area contributed by atoms with Gasteiger partial charge in [0.25, 0.3) is 0 Å². The zero-order chi connectivity index (χ0) is 27.8. The molecule has 0 spiro atoms. The maximum Gasteiger partial charge on any atom is 0.119 e. The highest BCUT2D eigenvalue weighted by atomic mass is 16.5. The van der Waals surface area contributed by atoms with Crippen LogP contribution in [0.2, 0.25) is 0 Å². The summed E-state index contributed by atoms with van der Waals surface area (Å²) in [4.78, 5) is 16.5. The number of benzene rings is 2. The Balaban J connectivity index is 1.51. The van der Waals surface area contributed by atoms with E-state index in [1.165, 1.54) is 0 Å². The first-order valence-corrected chi connectivity index (χ1v) is 13.4. The summed E-state index contributed by atoms with van der Waals surface area (Å²) in [6.45, 7) is 0. The lowest BCUT2D eigenvalue weighted by Crippen LogP contribution is -2.26. The third kappa shape index (κ3) is 4.85. The van der Waals surface area contributed by atoms with Crippen LogP contribution < -0.4 is 35.8 Å². The van der Waals surface area contributed by atoms with E-state index in [2.05, 4.69) is 116 Å². The minimum absolute atomic E-state index is 0.799. The Morgan fingerprint density at radius 3 is 1.51 bits per heavy atom. The number of methoxy groups -OCH3 is 2. The molecule has 7 heteroatoms. The maximum atomic E-state index is 5.46. The van der Waals surface area contributed by atoms with Gasteiger partial charge in [0.2, 0.25) is 0 Å². The molecule has 2 aromatic carbocycles. The molecule has 8 bridgehead atoms. The lowest BCUT2D eigenvalue weighted by Gasteiger charge is -2.27. The molecule has 7 nitrogen and oxygen atoms in total. The molecular formula is C34H29N5O2. The maximum absolute atomic E-state index is 5.46. The van der Waals surface area contributed by atoms with E-state index in [1.54, 1.807) is 14.2 Å². The van der Waals surface area contributed by atoms with Gasteiger partial charge in [-0.25, -0.2) is 0 Å². The van der Waals surface area contributed by atoms with Gasteiger partial charge in [-0.15, -0.1) is 0 Å². The van der Waals surface area contributed by atoms with Crippen LogP contribution in [0.5, 0.6) is 11.5 Å². The monoisotopic (exact) mass is 539 g/mol. The van der Waals surface area contributed by atoms with Gasteiger partial charge in [0, 0.05) is 44.5 Å². The summed E-state index contributed by atoms with van der Waals surface area (Å²) in [7, 11) is 3.36. The zero-order valence-electron chi connectivity index (χ0n) is 22.7. The van der Waals surface area contributed by atoms with Crippen molar-refractivity contribution >= 4 is 35.3 Å². The Bertz CT molecular complexity index is 2030. The summed E-state index contributed by atoms with van der Waals surface area (Å²) in [5.74, 6) is 1.60. The molecule has 5 heterocycles. The molecule has 4 aromatic heterocycles. The smallest absolute Gasteiger partial charge is 0.119 e. The van der Waals surface area contributed by atoms with Gasteiger partial charge >= 0.3 is 0 Å². The van der Waals surface area contributed by atoms with Gasteiger partial charge in [-0.3, -0.25) is 0 Å². The number of anilines is 2. The number of aromatic nitrogens is 4. The highest BCUT2D eigenvalue weighted by Gasteiger charge is 2.20. The summed E-state index contributed by atoms with van der Waals surface area (Å²) < 4.78 is 10.9. The van der Waals surface area contributed by atoms with Crippen molar-refractivity contribution in [3.05, 3.63) is 141 Å². The third-order valence-electron chi connectivity index (χ3n) is 7.21. The minimum atomic E-state index is 0.799. The van der Waals surface area contributed by atoms with Gasteiger partial charge in [0.15, 0.2) is 0 Å². The van der Waals surface area contributed by atoms with Crippen LogP contribution in [0.4, 0.5) is 11.4 Å². The second-order valence-electron chi connectivity index (χ2n) is 9.91. The van der Waals surface area contributed by atoms with Gasteiger partial charge in [-0.1, -0.05) is 0 Å². The highest BCUT2D eigenvalue weighted by molar-refractivity contribution is 5.87. The fourth-order valence-electron chi connectivity index (χ4n) is 5.22. The van der Waals surface area contributed by atoms with E-state index >= 15 is 0 Å². The van der Waals surface area contributed by atoms with E-state index in [9.17, 15) is 0 Å². The van der Waals surface area contributed by atoms with Crippen molar-refractivity contribution in [3.63, 3.8) is 0 Å². The lowest BCUT2D eigenvalue weighted by atomic mass is 10.1. The second-order valence-corrected chi connectivity index (χ2v) is 9.91. The van der Waals surface area contributed by atoms with Gasteiger partial charge in [-0.2, -0.15) is 0 Å². The van der Waals surface area contributed by atoms with Crippen LogP contribution >= 0.6 is 0 Å². The van der Waals surface area contributed by atoms with E-state index in [1.807, 2.05) is 24.3 Å². The number of nitrogens with zero attached hydrogens (tertiary/aromatic N) is 1. The summed E-state index contributed by atoms with van der Waals surface area (Å²) in [6, 6.07) is 33.0. The Kier molecular flexibility index (Phi) is 6.09. The van der Waals surface area contributed by atoms with E-state index in [-0.39, 0.29) is 0 Å². The number of ether oxygens (including phenoxy) is 2. The fraction of sp³-hybridized carbons (Fsp3) is 0.0588. The molecule has 7 rings (SSSR count). The SMILES string of the molecule is COc1ccc(N(C2=c3ccc([nH]3)=Cc3ccc([nH]3)C=c3ccc([nH]3)=Cc3ccc2[nH]3)c2ccc(OC)cc2)cc1. The average molecular weight is 540 g/mol. The Morgan fingerprint density at radius 2 is 0.951 bits per heavy atom. The number of hydrogen-bond acceptors (Lipinski definition) is 3. The molecule has 4 N–H and O–H groups in total. The molecule has 0 unspecified atom stereocenters. The first-order chi connectivity index (χ1) is 20.1. The fourth-order valence-corrected chi connectivity index (χ4v) is 5.22. The van der Waals surface area contributed by atoms with Crippen LogP contribution in [0.25, 0.3) is 23.9 Å². The van der Waals surface area contributed by atoms with Crippen molar-refractivity contribution in [2.24, 2.45) is 0 Å². The van der Waals surface area contributed by atoms with Crippen LogP contribution in [0.1, 0.15) is 22.8 Å². The molecule has 0 aliphatic carbocycles. The first-order valence-electron chi connectivity index (χ1n) is 13.4. The summed E-state index contributed by atoms with van der Waals surface area (Å²) in [5, 5.41) is 4.00. The predicted molar refractivity (Wildman–Crippen MR) is 163 cm³/mol. The number of rotatable bonds is 5. The summed E-state index contributed by atoms with van der Waals surface area (Å²) in [5.41, 5.74) is 6.94. The molecule has 0 saturated heterocycles. The molecule has 0 saturated carbocycles. The zero-order valence-corrected chi connectivity index (χ0v) is 22.7. The molecule has 0 amide bonds. The Morgan fingerprint density at radius 1 is 0.463 bits per heavy atom. The number of hydrogen-bond donors (Lipinski definition) is 4. The van der Waals surface area contributed by atoms with Crippen LogP contribution in [-0.4, -0.2) is 34.2 Å². The van der Waals surface area contributed by atoms with Crippen molar-refractivity contribution in [1.82, 2.24) is 19.9 Å².